The number of esters is 1. The van der Waals surface area contributed by atoms with Crippen molar-refractivity contribution in [3.8, 4) is 0 Å². The molecule has 1 aliphatic carbocycles. The maximum absolute atomic E-state index is 12.1. The second-order valence-corrected chi connectivity index (χ2v) is 7.27. The van der Waals surface area contributed by atoms with Gasteiger partial charge in [-0.25, -0.2) is 4.79 Å². The summed E-state index contributed by atoms with van der Waals surface area (Å²) in [5, 5.41) is 2.75. The van der Waals surface area contributed by atoms with Crippen LogP contribution in [0, 0.1) is 0 Å². The smallest absolute Gasteiger partial charge is 0.348 e. The molecule has 0 bridgehead atoms. The van der Waals surface area contributed by atoms with Gasteiger partial charge in [0, 0.05) is 18.0 Å². The standard InChI is InChI=1S/C17H23NO4S/c19-16(18-10-13-6-4-8-21-13)11-22-17(20)15-9-12-5-2-1-3-7-14(12)23-15/h9,13H,1-8,10-11H2,(H,18,19). The van der Waals surface area contributed by atoms with Crippen molar-refractivity contribution in [2.24, 2.45) is 0 Å². The first-order valence-electron chi connectivity index (χ1n) is 8.39. The predicted molar refractivity (Wildman–Crippen MR) is 87.8 cm³/mol. The van der Waals surface area contributed by atoms with Crippen LogP contribution in [-0.4, -0.2) is 37.7 Å². The predicted octanol–water partition coefficient (Wildman–Crippen LogP) is 2.47. The Morgan fingerprint density at radius 2 is 2.13 bits per heavy atom. The van der Waals surface area contributed by atoms with Crippen molar-refractivity contribution in [3.63, 3.8) is 0 Å². The highest BCUT2D eigenvalue weighted by Crippen LogP contribution is 2.29. The van der Waals surface area contributed by atoms with Crippen molar-refractivity contribution >= 4 is 23.2 Å². The van der Waals surface area contributed by atoms with Gasteiger partial charge in [-0.15, -0.1) is 11.3 Å². The van der Waals surface area contributed by atoms with Crippen LogP contribution >= 0.6 is 11.3 Å². The summed E-state index contributed by atoms with van der Waals surface area (Å²) in [6.07, 6.45) is 7.83. The van der Waals surface area contributed by atoms with E-state index in [9.17, 15) is 9.59 Å². The fourth-order valence-electron chi connectivity index (χ4n) is 3.05. The molecule has 2 aliphatic rings. The van der Waals surface area contributed by atoms with E-state index in [-0.39, 0.29) is 18.6 Å². The van der Waals surface area contributed by atoms with Crippen LogP contribution < -0.4 is 5.32 Å². The van der Waals surface area contributed by atoms with Gasteiger partial charge in [0.2, 0.25) is 0 Å². The van der Waals surface area contributed by atoms with E-state index in [4.69, 9.17) is 9.47 Å². The Hall–Kier alpha value is -1.40. The highest BCUT2D eigenvalue weighted by Gasteiger charge is 2.19. The number of aryl methyl sites for hydroxylation is 2. The van der Waals surface area contributed by atoms with Gasteiger partial charge in [0.05, 0.1) is 6.10 Å². The summed E-state index contributed by atoms with van der Waals surface area (Å²) in [5.74, 6) is -0.665. The van der Waals surface area contributed by atoms with Crippen LogP contribution in [0.4, 0.5) is 0 Å². The number of carbonyl (C=O) groups excluding carboxylic acids is 2. The van der Waals surface area contributed by atoms with E-state index in [1.54, 1.807) is 0 Å². The number of fused-ring (bicyclic) bond motifs is 1. The van der Waals surface area contributed by atoms with Crippen molar-refractivity contribution in [2.45, 2.75) is 51.0 Å². The molecule has 0 spiro atoms. The van der Waals surface area contributed by atoms with Crippen molar-refractivity contribution in [2.75, 3.05) is 19.8 Å². The summed E-state index contributed by atoms with van der Waals surface area (Å²) in [6, 6.07) is 1.94. The molecule has 2 heterocycles. The van der Waals surface area contributed by atoms with Crippen LogP contribution in [0.3, 0.4) is 0 Å². The van der Waals surface area contributed by atoms with E-state index in [2.05, 4.69) is 5.32 Å². The first kappa shape index (κ1) is 16.5. The zero-order chi connectivity index (χ0) is 16.1. The maximum atomic E-state index is 12.1. The van der Waals surface area contributed by atoms with Crippen molar-refractivity contribution in [1.29, 1.82) is 0 Å². The zero-order valence-corrected chi connectivity index (χ0v) is 14.1. The van der Waals surface area contributed by atoms with Gasteiger partial charge >= 0.3 is 5.97 Å². The molecule has 1 unspecified atom stereocenters. The van der Waals surface area contributed by atoms with E-state index < -0.39 is 5.97 Å². The Kier molecular flexibility index (Phi) is 5.67. The minimum Gasteiger partial charge on any atom is -0.451 e. The molecule has 3 rings (SSSR count). The molecule has 1 N–H and O–H groups in total. The fraction of sp³-hybridized carbons (Fsp3) is 0.647. The fourth-order valence-corrected chi connectivity index (χ4v) is 4.20. The average molecular weight is 337 g/mol. The van der Waals surface area contributed by atoms with Gasteiger partial charge in [-0.1, -0.05) is 6.42 Å². The molecule has 1 saturated heterocycles. The number of hydrogen-bond acceptors (Lipinski definition) is 5. The molecule has 0 radical (unpaired) electrons. The summed E-state index contributed by atoms with van der Waals surface area (Å²) in [6.45, 7) is 1.02. The van der Waals surface area contributed by atoms with Gasteiger partial charge in [-0.05, 0) is 50.2 Å². The van der Waals surface area contributed by atoms with Gasteiger partial charge < -0.3 is 14.8 Å². The van der Waals surface area contributed by atoms with E-state index in [1.165, 1.54) is 41.0 Å². The van der Waals surface area contributed by atoms with Crippen molar-refractivity contribution in [3.05, 3.63) is 21.4 Å². The summed E-state index contributed by atoms with van der Waals surface area (Å²) >= 11 is 1.52. The first-order chi connectivity index (χ1) is 11.2. The molecular formula is C17H23NO4S. The lowest BCUT2D eigenvalue weighted by molar-refractivity contribution is -0.124. The van der Waals surface area contributed by atoms with E-state index >= 15 is 0 Å². The summed E-state index contributed by atoms with van der Waals surface area (Å²) in [7, 11) is 0. The van der Waals surface area contributed by atoms with Crippen LogP contribution in [0.5, 0.6) is 0 Å². The molecule has 1 aromatic heterocycles. The summed E-state index contributed by atoms with van der Waals surface area (Å²) in [5.41, 5.74) is 1.28. The number of nitrogens with one attached hydrogen (secondary N) is 1. The van der Waals surface area contributed by atoms with Crippen molar-refractivity contribution in [1.82, 2.24) is 5.32 Å². The third kappa shape index (κ3) is 4.54. The van der Waals surface area contributed by atoms with Crippen LogP contribution in [0.1, 0.15) is 52.2 Å². The summed E-state index contributed by atoms with van der Waals surface area (Å²) in [4.78, 5) is 25.7. The summed E-state index contributed by atoms with van der Waals surface area (Å²) < 4.78 is 10.6. The first-order valence-corrected chi connectivity index (χ1v) is 9.21. The average Bonchev–Trinajstić information content (AvgIpc) is 3.16. The Bertz CT molecular complexity index is 539. The third-order valence-electron chi connectivity index (χ3n) is 4.33. The van der Waals surface area contributed by atoms with Gasteiger partial charge in [0.25, 0.3) is 5.91 Å². The molecule has 0 saturated carbocycles. The maximum Gasteiger partial charge on any atom is 0.348 e. The normalized spacial score (nSPS) is 20.6. The van der Waals surface area contributed by atoms with Crippen LogP contribution in [0.15, 0.2) is 6.07 Å². The molecule has 1 aliphatic heterocycles. The number of thiophene rings is 1. The lowest BCUT2D eigenvalue weighted by atomic mass is 10.1. The number of carbonyl (C=O) groups is 2. The topological polar surface area (TPSA) is 64.6 Å². The molecule has 1 fully saturated rings. The lowest BCUT2D eigenvalue weighted by Gasteiger charge is -2.10. The Labute approximate surface area is 140 Å². The van der Waals surface area contributed by atoms with E-state index in [0.717, 1.165) is 32.3 Å². The monoisotopic (exact) mass is 337 g/mol. The molecule has 1 amide bonds. The molecule has 1 aromatic rings. The number of hydrogen-bond donors (Lipinski definition) is 1. The molecule has 0 aromatic carbocycles. The molecule has 1 atom stereocenters. The highest BCUT2D eigenvalue weighted by molar-refractivity contribution is 7.14. The van der Waals surface area contributed by atoms with Crippen LogP contribution in [0.2, 0.25) is 0 Å². The second kappa shape index (κ2) is 7.93. The highest BCUT2D eigenvalue weighted by atomic mass is 32.1. The van der Waals surface area contributed by atoms with E-state index in [0.29, 0.717) is 11.4 Å². The van der Waals surface area contributed by atoms with Gasteiger partial charge in [-0.3, -0.25) is 4.79 Å². The number of rotatable bonds is 5. The number of amides is 1. The Balaban J connectivity index is 1.44. The minimum atomic E-state index is -0.393. The molecular weight excluding hydrogens is 314 g/mol. The Morgan fingerprint density at radius 1 is 1.26 bits per heavy atom. The third-order valence-corrected chi connectivity index (χ3v) is 5.55. The molecule has 23 heavy (non-hydrogen) atoms. The molecule has 6 heteroatoms. The van der Waals surface area contributed by atoms with Gasteiger partial charge in [0.15, 0.2) is 6.61 Å². The largest absolute Gasteiger partial charge is 0.451 e. The quantitative estimate of drug-likeness (QED) is 0.662. The lowest BCUT2D eigenvalue weighted by Crippen LogP contribution is -2.34. The molecule has 126 valence electrons. The SMILES string of the molecule is O=C(COC(=O)c1cc2c(s1)CCCCC2)NCC1CCCO1. The van der Waals surface area contributed by atoms with Gasteiger partial charge in [-0.2, -0.15) is 0 Å². The van der Waals surface area contributed by atoms with Crippen LogP contribution in [-0.2, 0) is 27.1 Å². The van der Waals surface area contributed by atoms with Crippen LogP contribution in [0.25, 0.3) is 0 Å². The molecule has 5 nitrogen and oxygen atoms in total. The number of ether oxygens (including phenoxy) is 2. The second-order valence-electron chi connectivity index (χ2n) is 6.13. The zero-order valence-electron chi connectivity index (χ0n) is 13.3. The van der Waals surface area contributed by atoms with Crippen molar-refractivity contribution < 1.29 is 19.1 Å². The minimum absolute atomic E-state index is 0.0996. The van der Waals surface area contributed by atoms with Gasteiger partial charge in [0.1, 0.15) is 4.88 Å². The van der Waals surface area contributed by atoms with E-state index in [1.807, 2.05) is 6.07 Å². The Morgan fingerprint density at radius 3 is 2.96 bits per heavy atom.